The highest BCUT2D eigenvalue weighted by Crippen LogP contribution is 2.14. The van der Waals surface area contributed by atoms with Gasteiger partial charge in [0.25, 0.3) is 0 Å². The number of rotatable bonds is 4. The minimum absolute atomic E-state index is 0.140. The molecule has 15 heavy (non-hydrogen) atoms. The van der Waals surface area contributed by atoms with Crippen LogP contribution < -0.4 is 5.48 Å². The number of hydroxylamine groups is 1. The molecule has 0 aliphatic carbocycles. The molecule has 0 fully saturated rings. The fourth-order valence-electron chi connectivity index (χ4n) is 1.08. The summed E-state index contributed by atoms with van der Waals surface area (Å²) in [4.78, 5) is 6.72. The lowest BCUT2D eigenvalue weighted by atomic mass is 10.2. The normalized spacial score (nSPS) is 11.7. The fourth-order valence-corrected chi connectivity index (χ4v) is 1.49. The van der Waals surface area contributed by atoms with Gasteiger partial charge in [0.2, 0.25) is 0 Å². The van der Waals surface area contributed by atoms with E-state index in [0.717, 1.165) is 6.54 Å². The maximum absolute atomic E-state index is 5.43. The van der Waals surface area contributed by atoms with Gasteiger partial charge in [-0.3, -0.25) is 4.84 Å². The molecule has 0 radical (unpaired) electrons. The van der Waals surface area contributed by atoms with E-state index in [-0.39, 0.29) is 5.60 Å². The highest BCUT2D eigenvalue weighted by atomic mass is 32.2. The van der Waals surface area contributed by atoms with Gasteiger partial charge in [0, 0.05) is 11.4 Å². The van der Waals surface area contributed by atoms with Crippen LogP contribution >= 0.6 is 11.8 Å². The number of hydrogen-bond acceptors (Lipinski definition) is 3. The van der Waals surface area contributed by atoms with E-state index in [4.69, 9.17) is 4.84 Å². The van der Waals surface area contributed by atoms with Crippen LogP contribution in [0.5, 0.6) is 0 Å². The Balaban J connectivity index is 2.38. The summed E-state index contributed by atoms with van der Waals surface area (Å²) < 4.78 is 0. The molecule has 0 spiro atoms. The largest absolute Gasteiger partial charge is 0.296 e. The minimum Gasteiger partial charge on any atom is -0.296 e. The van der Waals surface area contributed by atoms with Crippen molar-refractivity contribution < 1.29 is 4.84 Å². The lowest BCUT2D eigenvalue weighted by Crippen LogP contribution is -2.28. The molecule has 0 aliphatic heterocycles. The second kappa shape index (κ2) is 5.54. The second-order valence-corrected chi connectivity index (χ2v) is 5.26. The van der Waals surface area contributed by atoms with Crippen molar-refractivity contribution in [3.63, 3.8) is 0 Å². The Labute approximate surface area is 96.4 Å². The summed E-state index contributed by atoms with van der Waals surface area (Å²) in [6, 6.07) is 8.48. The van der Waals surface area contributed by atoms with Crippen molar-refractivity contribution in [3.8, 4) is 0 Å². The zero-order valence-electron chi connectivity index (χ0n) is 9.83. The molecule has 0 saturated heterocycles. The summed E-state index contributed by atoms with van der Waals surface area (Å²) in [6.45, 7) is 6.82. The SMILES string of the molecule is CSc1ccc(CNOC(C)(C)C)cc1. The molecule has 0 bridgehead atoms. The summed E-state index contributed by atoms with van der Waals surface area (Å²) in [5, 5.41) is 0. The maximum atomic E-state index is 5.43. The average molecular weight is 225 g/mol. The summed E-state index contributed by atoms with van der Waals surface area (Å²) in [7, 11) is 0. The third kappa shape index (κ3) is 5.21. The van der Waals surface area contributed by atoms with Crippen LogP contribution in [-0.2, 0) is 11.4 Å². The van der Waals surface area contributed by atoms with Crippen LogP contribution in [0.2, 0.25) is 0 Å². The molecule has 3 heteroatoms. The number of hydrogen-bond donors (Lipinski definition) is 1. The zero-order chi connectivity index (χ0) is 11.3. The smallest absolute Gasteiger partial charge is 0.0813 e. The average Bonchev–Trinajstić information content (AvgIpc) is 2.17. The molecule has 0 aromatic heterocycles. The highest BCUT2D eigenvalue weighted by molar-refractivity contribution is 7.98. The molecular weight excluding hydrogens is 206 g/mol. The molecule has 1 aromatic rings. The summed E-state index contributed by atoms with van der Waals surface area (Å²) in [5.74, 6) is 0. The van der Waals surface area contributed by atoms with E-state index in [1.807, 2.05) is 20.8 Å². The lowest BCUT2D eigenvalue weighted by molar-refractivity contribution is -0.0757. The predicted molar refractivity (Wildman–Crippen MR) is 65.9 cm³/mol. The van der Waals surface area contributed by atoms with Crippen LogP contribution in [0.25, 0.3) is 0 Å². The Hall–Kier alpha value is -0.510. The van der Waals surface area contributed by atoms with Crippen molar-refractivity contribution in [2.45, 2.75) is 37.8 Å². The predicted octanol–water partition coefficient (Wildman–Crippen LogP) is 3.23. The fraction of sp³-hybridized carbons (Fsp3) is 0.500. The topological polar surface area (TPSA) is 21.3 Å². The van der Waals surface area contributed by atoms with Gasteiger partial charge in [-0.05, 0) is 44.7 Å². The minimum atomic E-state index is -0.140. The van der Waals surface area contributed by atoms with E-state index in [1.165, 1.54) is 10.5 Å². The molecule has 0 heterocycles. The standard InChI is InChI=1S/C12H19NOS/c1-12(2,3)14-13-9-10-5-7-11(15-4)8-6-10/h5-8,13H,9H2,1-4H3. The molecule has 0 saturated carbocycles. The first-order valence-electron chi connectivity index (χ1n) is 5.05. The Bertz CT molecular complexity index is 289. The molecular formula is C12H19NOS. The van der Waals surface area contributed by atoms with Crippen molar-refractivity contribution in [1.29, 1.82) is 0 Å². The molecule has 1 aromatic carbocycles. The van der Waals surface area contributed by atoms with Crippen molar-refractivity contribution in [1.82, 2.24) is 5.48 Å². The van der Waals surface area contributed by atoms with E-state index in [9.17, 15) is 0 Å². The molecule has 1 N–H and O–H groups in total. The first kappa shape index (κ1) is 12.6. The lowest BCUT2D eigenvalue weighted by Gasteiger charge is -2.19. The van der Waals surface area contributed by atoms with Crippen LogP contribution in [0, 0.1) is 0 Å². The Kier molecular flexibility index (Phi) is 4.64. The third-order valence-electron chi connectivity index (χ3n) is 1.81. The Morgan fingerprint density at radius 3 is 2.27 bits per heavy atom. The first-order chi connectivity index (χ1) is 7.01. The Morgan fingerprint density at radius 1 is 1.20 bits per heavy atom. The molecule has 1 rings (SSSR count). The van der Waals surface area contributed by atoms with Gasteiger partial charge in [-0.1, -0.05) is 12.1 Å². The Morgan fingerprint density at radius 2 is 1.80 bits per heavy atom. The van der Waals surface area contributed by atoms with E-state index in [1.54, 1.807) is 11.8 Å². The van der Waals surface area contributed by atoms with E-state index < -0.39 is 0 Å². The molecule has 0 amide bonds. The number of benzene rings is 1. The summed E-state index contributed by atoms with van der Waals surface area (Å²) in [6.07, 6.45) is 2.08. The number of nitrogens with one attached hydrogen (secondary N) is 1. The van der Waals surface area contributed by atoms with Crippen LogP contribution in [-0.4, -0.2) is 11.9 Å². The maximum Gasteiger partial charge on any atom is 0.0813 e. The van der Waals surface area contributed by atoms with Gasteiger partial charge < -0.3 is 0 Å². The van der Waals surface area contributed by atoms with E-state index >= 15 is 0 Å². The van der Waals surface area contributed by atoms with Crippen LogP contribution in [0.3, 0.4) is 0 Å². The van der Waals surface area contributed by atoms with Crippen LogP contribution in [0.1, 0.15) is 26.3 Å². The van der Waals surface area contributed by atoms with E-state index in [0.29, 0.717) is 0 Å². The zero-order valence-corrected chi connectivity index (χ0v) is 10.6. The van der Waals surface area contributed by atoms with Crippen molar-refractivity contribution >= 4 is 11.8 Å². The van der Waals surface area contributed by atoms with E-state index in [2.05, 4.69) is 36.0 Å². The van der Waals surface area contributed by atoms with Crippen LogP contribution in [0.4, 0.5) is 0 Å². The first-order valence-corrected chi connectivity index (χ1v) is 6.27. The third-order valence-corrected chi connectivity index (χ3v) is 2.56. The van der Waals surface area contributed by atoms with Crippen molar-refractivity contribution in [2.24, 2.45) is 0 Å². The van der Waals surface area contributed by atoms with Gasteiger partial charge in [0.15, 0.2) is 0 Å². The van der Waals surface area contributed by atoms with Gasteiger partial charge in [0.1, 0.15) is 0 Å². The molecule has 0 unspecified atom stereocenters. The van der Waals surface area contributed by atoms with Crippen LogP contribution in [0.15, 0.2) is 29.2 Å². The highest BCUT2D eigenvalue weighted by Gasteiger charge is 2.09. The van der Waals surface area contributed by atoms with Gasteiger partial charge in [-0.2, -0.15) is 5.48 Å². The van der Waals surface area contributed by atoms with Crippen molar-refractivity contribution in [3.05, 3.63) is 29.8 Å². The van der Waals surface area contributed by atoms with Gasteiger partial charge in [0.05, 0.1) is 5.60 Å². The second-order valence-electron chi connectivity index (χ2n) is 4.38. The summed E-state index contributed by atoms with van der Waals surface area (Å²) in [5.41, 5.74) is 4.07. The quantitative estimate of drug-likeness (QED) is 0.628. The number of thioether (sulfide) groups is 1. The molecule has 0 aliphatic rings. The van der Waals surface area contributed by atoms with Gasteiger partial charge in [-0.15, -0.1) is 11.8 Å². The monoisotopic (exact) mass is 225 g/mol. The van der Waals surface area contributed by atoms with Gasteiger partial charge in [-0.25, -0.2) is 0 Å². The van der Waals surface area contributed by atoms with Crippen molar-refractivity contribution in [2.75, 3.05) is 6.26 Å². The molecule has 0 atom stereocenters. The summed E-state index contributed by atoms with van der Waals surface area (Å²) >= 11 is 1.75. The molecule has 84 valence electrons. The van der Waals surface area contributed by atoms with Gasteiger partial charge >= 0.3 is 0 Å². The molecule has 2 nitrogen and oxygen atoms in total.